The Morgan fingerprint density at radius 2 is 1.74 bits per heavy atom. The van der Waals surface area contributed by atoms with Crippen molar-refractivity contribution in [1.82, 2.24) is 29.3 Å². The number of pyridine rings is 2. The largest absolute Gasteiger partial charge is 0.383 e. The number of anilines is 1. The molecule has 4 aromatic heterocycles. The fraction of sp³-hybridized carbons (Fsp3) is 0.130. The summed E-state index contributed by atoms with van der Waals surface area (Å²) in [6.45, 7) is 0. The highest BCUT2D eigenvalue weighted by atomic mass is 15.3. The lowest BCUT2D eigenvalue weighted by atomic mass is 10.1. The highest BCUT2D eigenvalue weighted by Crippen LogP contribution is 2.43. The zero-order valence-electron chi connectivity index (χ0n) is 16.7. The van der Waals surface area contributed by atoms with Crippen LogP contribution in [-0.2, 0) is 5.54 Å². The average molecular weight is 408 g/mol. The minimum Gasteiger partial charge on any atom is -0.383 e. The van der Waals surface area contributed by atoms with Gasteiger partial charge in [-0.2, -0.15) is 5.10 Å². The van der Waals surface area contributed by atoms with Crippen molar-refractivity contribution in [2.24, 2.45) is 5.73 Å². The van der Waals surface area contributed by atoms with Crippen LogP contribution in [0.25, 0.3) is 34.1 Å². The fourth-order valence-corrected chi connectivity index (χ4v) is 3.88. The molecule has 0 unspecified atom stereocenters. The van der Waals surface area contributed by atoms with Crippen LogP contribution in [0, 0.1) is 0 Å². The van der Waals surface area contributed by atoms with E-state index in [-0.39, 0.29) is 5.54 Å². The third-order valence-electron chi connectivity index (χ3n) is 5.80. The number of aromatic nitrogens is 6. The Kier molecular flexibility index (Phi) is 3.72. The zero-order valence-corrected chi connectivity index (χ0v) is 16.7. The van der Waals surface area contributed by atoms with Gasteiger partial charge in [0.1, 0.15) is 11.3 Å². The fourth-order valence-electron chi connectivity index (χ4n) is 3.88. The van der Waals surface area contributed by atoms with E-state index in [4.69, 9.17) is 21.4 Å². The Morgan fingerprint density at radius 1 is 0.903 bits per heavy atom. The first-order chi connectivity index (χ1) is 15.1. The van der Waals surface area contributed by atoms with Crippen molar-refractivity contribution in [2.75, 3.05) is 5.73 Å². The molecular weight excluding hydrogens is 388 g/mol. The first-order valence-corrected chi connectivity index (χ1v) is 10.1. The molecule has 6 rings (SSSR count). The molecule has 4 N–H and O–H groups in total. The lowest BCUT2D eigenvalue weighted by molar-refractivity contribution is 0.740. The van der Waals surface area contributed by atoms with Crippen LogP contribution in [0.5, 0.6) is 0 Å². The Balaban J connectivity index is 1.59. The van der Waals surface area contributed by atoms with E-state index in [0.29, 0.717) is 23.1 Å². The average Bonchev–Trinajstić information content (AvgIpc) is 3.19. The Labute approximate surface area is 178 Å². The van der Waals surface area contributed by atoms with Gasteiger partial charge < -0.3 is 11.5 Å². The number of nitrogen functional groups attached to an aromatic ring is 1. The van der Waals surface area contributed by atoms with E-state index in [1.54, 1.807) is 17.1 Å². The summed E-state index contributed by atoms with van der Waals surface area (Å²) in [5.74, 6) is 1.81. The summed E-state index contributed by atoms with van der Waals surface area (Å²) in [6.07, 6.45) is 7.30. The molecule has 0 amide bonds. The molecule has 1 saturated carbocycles. The van der Waals surface area contributed by atoms with Crippen molar-refractivity contribution in [3.05, 3.63) is 78.8 Å². The molecule has 0 radical (unpaired) electrons. The lowest BCUT2D eigenvalue weighted by Gasteiger charge is -2.13. The molecule has 0 atom stereocenters. The van der Waals surface area contributed by atoms with Gasteiger partial charge >= 0.3 is 0 Å². The van der Waals surface area contributed by atoms with Crippen LogP contribution in [0.1, 0.15) is 18.4 Å². The number of benzene rings is 1. The molecule has 5 aromatic rings. The first-order valence-electron chi connectivity index (χ1n) is 10.1. The summed E-state index contributed by atoms with van der Waals surface area (Å²) in [7, 11) is 0. The summed E-state index contributed by atoms with van der Waals surface area (Å²) >= 11 is 0. The van der Waals surface area contributed by atoms with E-state index in [0.717, 1.165) is 35.2 Å². The standard InChI is InChI=1S/C23H20N8/c24-20-17(3-1-12-26-20)21-28-18-8-9-19(30-14-2-13-27-30)29-22(18)31(21)16-6-4-15(5-7-16)23(25)10-11-23/h1-9,12-14H,10-11,25H2,(H2,24,26). The number of rotatable bonds is 4. The van der Waals surface area contributed by atoms with Gasteiger partial charge in [-0.05, 0) is 60.9 Å². The summed E-state index contributed by atoms with van der Waals surface area (Å²) < 4.78 is 3.73. The van der Waals surface area contributed by atoms with Gasteiger partial charge in [0, 0.05) is 29.8 Å². The monoisotopic (exact) mass is 408 g/mol. The molecule has 0 spiro atoms. The summed E-state index contributed by atoms with van der Waals surface area (Å²) in [5.41, 5.74) is 16.7. The number of nitrogens with zero attached hydrogens (tertiary/aromatic N) is 6. The van der Waals surface area contributed by atoms with Gasteiger partial charge in [-0.3, -0.25) is 4.57 Å². The second kappa shape index (κ2) is 6.48. The first kappa shape index (κ1) is 17.8. The van der Waals surface area contributed by atoms with Gasteiger partial charge in [-0.1, -0.05) is 12.1 Å². The van der Waals surface area contributed by atoms with Crippen LogP contribution in [0.15, 0.2) is 73.2 Å². The van der Waals surface area contributed by atoms with E-state index in [1.807, 2.05) is 41.1 Å². The molecular formula is C23H20N8. The minimum absolute atomic E-state index is 0.183. The molecule has 0 saturated heterocycles. The molecule has 31 heavy (non-hydrogen) atoms. The summed E-state index contributed by atoms with van der Waals surface area (Å²) in [4.78, 5) is 14.0. The molecule has 152 valence electrons. The minimum atomic E-state index is -0.183. The number of fused-ring (bicyclic) bond motifs is 1. The van der Waals surface area contributed by atoms with Crippen LogP contribution in [0.3, 0.4) is 0 Å². The quantitative estimate of drug-likeness (QED) is 0.472. The molecule has 0 bridgehead atoms. The van der Waals surface area contributed by atoms with Crippen molar-refractivity contribution in [2.45, 2.75) is 18.4 Å². The second-order valence-corrected chi connectivity index (χ2v) is 7.87. The molecule has 1 aliphatic rings. The van der Waals surface area contributed by atoms with Crippen molar-refractivity contribution in [1.29, 1.82) is 0 Å². The predicted molar refractivity (Wildman–Crippen MR) is 119 cm³/mol. The lowest BCUT2D eigenvalue weighted by Crippen LogP contribution is -2.18. The van der Waals surface area contributed by atoms with Crippen LogP contribution < -0.4 is 11.5 Å². The van der Waals surface area contributed by atoms with Crippen molar-refractivity contribution >= 4 is 17.0 Å². The van der Waals surface area contributed by atoms with Gasteiger partial charge in [-0.15, -0.1) is 0 Å². The SMILES string of the molecule is Nc1ncccc1-c1nc2ccc(-n3cccn3)nc2n1-c1ccc(C2(N)CC2)cc1. The number of nitrogens with two attached hydrogens (primary N) is 2. The summed E-state index contributed by atoms with van der Waals surface area (Å²) in [6, 6.07) is 17.8. The van der Waals surface area contributed by atoms with Crippen LogP contribution in [0.4, 0.5) is 5.82 Å². The van der Waals surface area contributed by atoms with Gasteiger partial charge in [0.25, 0.3) is 0 Å². The Morgan fingerprint density at radius 3 is 2.45 bits per heavy atom. The van der Waals surface area contributed by atoms with E-state index < -0.39 is 0 Å². The molecule has 8 nitrogen and oxygen atoms in total. The molecule has 4 heterocycles. The molecule has 1 fully saturated rings. The molecule has 0 aliphatic heterocycles. The van der Waals surface area contributed by atoms with Crippen molar-refractivity contribution < 1.29 is 0 Å². The number of imidazole rings is 1. The molecule has 8 heteroatoms. The van der Waals surface area contributed by atoms with Crippen molar-refractivity contribution in [3.63, 3.8) is 0 Å². The maximum atomic E-state index is 6.38. The smallest absolute Gasteiger partial charge is 0.167 e. The second-order valence-electron chi connectivity index (χ2n) is 7.87. The topological polar surface area (TPSA) is 113 Å². The summed E-state index contributed by atoms with van der Waals surface area (Å²) in [5, 5.41) is 4.30. The maximum Gasteiger partial charge on any atom is 0.167 e. The zero-order chi connectivity index (χ0) is 21.0. The highest BCUT2D eigenvalue weighted by molar-refractivity contribution is 5.83. The van der Waals surface area contributed by atoms with Crippen LogP contribution in [-0.4, -0.2) is 29.3 Å². The molecule has 1 aliphatic carbocycles. The van der Waals surface area contributed by atoms with Gasteiger partial charge in [0.15, 0.2) is 17.3 Å². The maximum absolute atomic E-state index is 6.38. The van der Waals surface area contributed by atoms with Gasteiger partial charge in [-0.25, -0.2) is 19.6 Å². The Hall–Kier alpha value is -4.04. The normalized spacial score (nSPS) is 14.7. The number of hydrogen-bond acceptors (Lipinski definition) is 6. The predicted octanol–water partition coefficient (Wildman–Crippen LogP) is 3.20. The third-order valence-corrected chi connectivity index (χ3v) is 5.80. The van der Waals surface area contributed by atoms with Crippen LogP contribution >= 0.6 is 0 Å². The van der Waals surface area contributed by atoms with Gasteiger partial charge in [0.2, 0.25) is 0 Å². The van der Waals surface area contributed by atoms with E-state index in [2.05, 4.69) is 34.3 Å². The van der Waals surface area contributed by atoms with Gasteiger partial charge in [0.05, 0.1) is 5.56 Å². The third kappa shape index (κ3) is 2.88. The van der Waals surface area contributed by atoms with Crippen molar-refractivity contribution in [3.8, 4) is 22.9 Å². The van der Waals surface area contributed by atoms with E-state index in [1.165, 1.54) is 0 Å². The van der Waals surface area contributed by atoms with Crippen LogP contribution in [0.2, 0.25) is 0 Å². The van der Waals surface area contributed by atoms with E-state index in [9.17, 15) is 0 Å². The van der Waals surface area contributed by atoms with E-state index >= 15 is 0 Å². The Bertz CT molecular complexity index is 1400. The number of hydrogen-bond donors (Lipinski definition) is 2. The highest BCUT2D eigenvalue weighted by Gasteiger charge is 2.39. The molecule has 1 aromatic carbocycles.